The first-order chi connectivity index (χ1) is 6.16. The number of hydrogen-bond donors (Lipinski definition) is 2. The van der Waals surface area contributed by atoms with Crippen molar-refractivity contribution in [1.29, 1.82) is 0 Å². The normalized spacial score (nSPS) is 15.4. The van der Waals surface area contributed by atoms with Gasteiger partial charge in [0.25, 0.3) is 0 Å². The van der Waals surface area contributed by atoms with E-state index in [1.807, 2.05) is 13.0 Å². The highest BCUT2D eigenvalue weighted by Gasteiger charge is 2.21. The number of hydrogen-bond acceptors (Lipinski definition) is 2. The zero-order valence-corrected chi connectivity index (χ0v) is 8.29. The van der Waals surface area contributed by atoms with Crippen LogP contribution in [0.15, 0.2) is 24.3 Å². The van der Waals surface area contributed by atoms with E-state index >= 15 is 0 Å². The van der Waals surface area contributed by atoms with Crippen LogP contribution in [0.4, 0.5) is 0 Å². The molecule has 1 aromatic carbocycles. The van der Waals surface area contributed by atoms with E-state index in [0.717, 1.165) is 0 Å². The smallest absolute Gasteiger partial charge is 0.231 e. The number of aliphatic hydroxyl groups is 2. The van der Waals surface area contributed by atoms with Crippen LogP contribution in [0.1, 0.15) is 25.0 Å². The molecule has 0 saturated heterocycles. The predicted molar refractivity (Wildman–Crippen MR) is 48.3 cm³/mol. The summed E-state index contributed by atoms with van der Waals surface area (Å²) >= 11 is 5.02. The Morgan fingerprint density at radius 2 is 1.92 bits per heavy atom. The second-order valence-electron chi connectivity index (χ2n) is 2.96. The fraction of sp³-hybridized carbons (Fsp3) is 0.400. The summed E-state index contributed by atoms with van der Waals surface area (Å²) in [5, 5.41) is 19.7. The Kier molecular flexibility index (Phi) is 3.72. The summed E-state index contributed by atoms with van der Waals surface area (Å²) in [5.74, 6) is 0. The van der Waals surface area contributed by atoms with Gasteiger partial charge in [0.2, 0.25) is 5.02 Å². The van der Waals surface area contributed by atoms with E-state index in [0.29, 0.717) is 17.0 Å². The summed E-state index contributed by atoms with van der Waals surface area (Å²) in [6.45, 7) is 1.82. The molecule has 13 heavy (non-hydrogen) atoms. The van der Waals surface area contributed by atoms with Gasteiger partial charge in [-0.05, 0) is 6.42 Å². The third-order valence-corrected chi connectivity index (χ3v) is 2.39. The number of benzene rings is 1. The van der Waals surface area contributed by atoms with Gasteiger partial charge < -0.3 is 10.2 Å². The largest absolute Gasteiger partial charge is 0.390 e. The molecule has 0 aromatic heterocycles. The van der Waals surface area contributed by atoms with Crippen molar-refractivity contribution < 1.29 is 21.8 Å². The monoisotopic (exact) mass is 201 g/mol. The van der Waals surface area contributed by atoms with E-state index in [9.17, 15) is 10.2 Å². The molecule has 0 aliphatic carbocycles. The summed E-state index contributed by atoms with van der Waals surface area (Å²) in [6.07, 6.45) is -1.08. The second kappa shape index (κ2) is 4.61. The Morgan fingerprint density at radius 3 is 2.46 bits per heavy atom. The molecule has 2 nitrogen and oxygen atoms in total. The molecule has 1 rings (SSSR count). The SMILES string of the molecule is CC[C@@H](O)[C@H](O)c1ccccc1[ClH+]. The summed E-state index contributed by atoms with van der Waals surface area (Å²) < 4.78 is 0. The predicted octanol–water partition coefficient (Wildman–Crippen LogP) is 1.19. The van der Waals surface area contributed by atoms with Crippen LogP contribution in [0.25, 0.3) is 0 Å². The van der Waals surface area contributed by atoms with Crippen molar-refractivity contribution in [3.8, 4) is 0 Å². The molecule has 0 aliphatic heterocycles. The molecule has 0 spiro atoms. The topological polar surface area (TPSA) is 40.5 Å². The molecule has 1 aromatic rings. The minimum absolute atomic E-state index is 0.519. The highest BCUT2D eigenvalue weighted by molar-refractivity contribution is 5.25. The molecule has 0 amide bonds. The first kappa shape index (κ1) is 10.5. The Bertz CT molecular complexity index is 275. The minimum atomic E-state index is -0.862. The highest BCUT2D eigenvalue weighted by Crippen LogP contribution is 2.22. The van der Waals surface area contributed by atoms with Gasteiger partial charge in [0.05, 0.1) is 6.10 Å². The lowest BCUT2D eigenvalue weighted by molar-refractivity contribution is -0.291. The van der Waals surface area contributed by atoms with Crippen molar-refractivity contribution in [3.63, 3.8) is 0 Å². The first-order valence-electron chi connectivity index (χ1n) is 4.29. The molecule has 0 bridgehead atoms. The zero-order chi connectivity index (χ0) is 9.84. The zero-order valence-electron chi connectivity index (χ0n) is 7.47. The molecule has 0 fully saturated rings. The van der Waals surface area contributed by atoms with Gasteiger partial charge in [-0.2, -0.15) is 0 Å². The van der Waals surface area contributed by atoms with Gasteiger partial charge in [-0.25, -0.2) is 0 Å². The number of aliphatic hydroxyl groups excluding tert-OH is 2. The van der Waals surface area contributed by atoms with E-state index < -0.39 is 12.2 Å². The summed E-state index contributed by atoms with van der Waals surface area (Å²) in [6, 6.07) is 7.11. The van der Waals surface area contributed by atoms with E-state index in [-0.39, 0.29) is 0 Å². The van der Waals surface area contributed by atoms with E-state index in [2.05, 4.69) is 0 Å². The third kappa shape index (κ3) is 2.44. The molecule has 0 saturated carbocycles. The quantitative estimate of drug-likeness (QED) is 0.772. The van der Waals surface area contributed by atoms with E-state index in [1.54, 1.807) is 18.2 Å². The van der Waals surface area contributed by atoms with Crippen LogP contribution in [0.3, 0.4) is 0 Å². The van der Waals surface area contributed by atoms with Crippen molar-refractivity contribution in [1.82, 2.24) is 0 Å². The van der Waals surface area contributed by atoms with Gasteiger partial charge in [-0.15, -0.1) is 0 Å². The third-order valence-electron chi connectivity index (χ3n) is 2.02. The molecule has 0 unspecified atom stereocenters. The lowest BCUT2D eigenvalue weighted by Gasteiger charge is -2.15. The van der Waals surface area contributed by atoms with Crippen molar-refractivity contribution in [2.75, 3.05) is 0 Å². The van der Waals surface area contributed by atoms with Gasteiger partial charge in [0, 0.05) is 11.6 Å². The Hall–Kier alpha value is -0.570. The van der Waals surface area contributed by atoms with Crippen LogP contribution in [-0.4, -0.2) is 16.3 Å². The van der Waals surface area contributed by atoms with E-state index in [4.69, 9.17) is 11.6 Å². The lowest BCUT2D eigenvalue weighted by Crippen LogP contribution is -2.17. The average molecular weight is 202 g/mol. The van der Waals surface area contributed by atoms with Crippen LogP contribution in [0.2, 0.25) is 5.02 Å². The van der Waals surface area contributed by atoms with Crippen molar-refractivity contribution >= 4 is 0 Å². The molecule has 2 N–H and O–H groups in total. The molecular weight excluding hydrogens is 188 g/mol. The standard InChI is InChI=1S/C10H14ClO2/c1-2-9(12)10(13)7-5-3-4-6-8(7)11/h3-6,9-13H,2H2,1H3/q+1/t9-,10-/m1/s1. The van der Waals surface area contributed by atoms with Gasteiger partial charge in [-0.3, -0.25) is 0 Å². The second-order valence-corrected chi connectivity index (χ2v) is 3.40. The highest BCUT2D eigenvalue weighted by atomic mass is 35.5. The average Bonchev–Trinajstić information content (AvgIpc) is 2.16. The molecule has 0 heterocycles. The summed E-state index contributed by atoms with van der Waals surface area (Å²) in [5.41, 5.74) is 0.631. The maximum absolute atomic E-state index is 9.65. The van der Waals surface area contributed by atoms with Crippen LogP contribution >= 0.6 is 0 Å². The Balaban J connectivity index is 2.88. The lowest BCUT2D eigenvalue weighted by atomic mass is 10.0. The van der Waals surface area contributed by atoms with Gasteiger partial charge >= 0.3 is 0 Å². The fourth-order valence-electron chi connectivity index (χ4n) is 1.16. The molecule has 3 heteroatoms. The minimum Gasteiger partial charge on any atom is -0.390 e. The van der Waals surface area contributed by atoms with E-state index in [1.165, 1.54) is 0 Å². The van der Waals surface area contributed by atoms with Crippen molar-refractivity contribution in [2.45, 2.75) is 25.6 Å². The van der Waals surface area contributed by atoms with Gasteiger partial charge in [0.15, 0.2) is 11.6 Å². The number of rotatable bonds is 3. The van der Waals surface area contributed by atoms with Crippen molar-refractivity contribution in [2.24, 2.45) is 0 Å². The Morgan fingerprint density at radius 1 is 1.31 bits per heavy atom. The Labute approximate surface area is 82.8 Å². The molecule has 0 radical (unpaired) electrons. The maximum Gasteiger partial charge on any atom is 0.231 e. The van der Waals surface area contributed by atoms with Gasteiger partial charge in [-0.1, -0.05) is 25.1 Å². The van der Waals surface area contributed by atoms with Crippen LogP contribution < -0.4 is 0 Å². The van der Waals surface area contributed by atoms with Crippen LogP contribution in [0, 0.1) is 11.6 Å². The summed E-state index contributed by atoms with van der Waals surface area (Å²) in [7, 11) is 0. The van der Waals surface area contributed by atoms with Crippen molar-refractivity contribution in [3.05, 3.63) is 34.9 Å². The molecular formula is C10H14ClO2+. The fourth-order valence-corrected chi connectivity index (χ4v) is 1.42. The summed E-state index contributed by atoms with van der Waals surface area (Å²) in [4.78, 5) is 0. The van der Waals surface area contributed by atoms with Gasteiger partial charge in [0.1, 0.15) is 6.10 Å². The number of halogens is 1. The molecule has 0 aliphatic rings. The van der Waals surface area contributed by atoms with Crippen LogP contribution in [-0.2, 0) is 0 Å². The molecule has 72 valence electrons. The van der Waals surface area contributed by atoms with Crippen LogP contribution in [0.5, 0.6) is 0 Å². The first-order valence-corrected chi connectivity index (χ1v) is 4.69. The maximum atomic E-state index is 9.65. The molecule has 2 atom stereocenters.